The van der Waals surface area contributed by atoms with E-state index in [1.54, 1.807) is 25.3 Å². The van der Waals surface area contributed by atoms with Crippen molar-refractivity contribution in [2.75, 3.05) is 12.4 Å². The Morgan fingerprint density at radius 2 is 2.18 bits per heavy atom. The number of oxazole rings is 1. The predicted molar refractivity (Wildman–Crippen MR) is 78.5 cm³/mol. The number of carbonyl (C=O) groups is 1. The molecule has 0 aliphatic rings. The molecule has 0 atom stereocenters. The number of hydrogen-bond acceptors (Lipinski definition) is 6. The van der Waals surface area contributed by atoms with Crippen LogP contribution in [0.5, 0.6) is 5.75 Å². The van der Waals surface area contributed by atoms with E-state index in [-0.39, 0.29) is 5.69 Å². The summed E-state index contributed by atoms with van der Waals surface area (Å²) in [6.45, 7) is 0. The molecule has 2 heterocycles. The summed E-state index contributed by atoms with van der Waals surface area (Å²) in [6.07, 6.45) is 5.68. The molecule has 0 fully saturated rings. The largest absolute Gasteiger partial charge is 0.497 e. The molecular weight excluding hydrogens is 284 g/mol. The fourth-order valence-corrected chi connectivity index (χ4v) is 1.92. The first-order valence-electron chi connectivity index (χ1n) is 6.43. The van der Waals surface area contributed by atoms with Crippen LogP contribution in [0.2, 0.25) is 0 Å². The molecule has 3 aromatic rings. The van der Waals surface area contributed by atoms with Gasteiger partial charge in [-0.15, -0.1) is 0 Å². The third kappa shape index (κ3) is 2.78. The standard InChI is InChI=1S/C15H12N4O3/c1-21-11-4-2-3-10(7-11)14-13(18-9-22-14)15(20)19-12-8-16-5-6-17-12/h2-9H,1H3,(H,17,19,20). The highest BCUT2D eigenvalue weighted by Crippen LogP contribution is 2.26. The average Bonchev–Trinajstić information content (AvgIpc) is 3.05. The molecule has 1 aromatic carbocycles. The van der Waals surface area contributed by atoms with Gasteiger partial charge in [0.25, 0.3) is 5.91 Å². The van der Waals surface area contributed by atoms with Crippen LogP contribution in [-0.4, -0.2) is 28.0 Å². The number of anilines is 1. The van der Waals surface area contributed by atoms with Crippen LogP contribution in [0.25, 0.3) is 11.3 Å². The summed E-state index contributed by atoms with van der Waals surface area (Å²) in [6, 6.07) is 7.18. The molecule has 0 bridgehead atoms. The zero-order chi connectivity index (χ0) is 15.4. The SMILES string of the molecule is COc1cccc(-c2ocnc2C(=O)Nc2cnccn2)c1. The second-order valence-electron chi connectivity index (χ2n) is 4.31. The Morgan fingerprint density at radius 1 is 1.27 bits per heavy atom. The molecular formula is C15H12N4O3. The molecule has 1 N–H and O–H groups in total. The number of methoxy groups -OCH3 is 1. The van der Waals surface area contributed by atoms with Gasteiger partial charge in [-0.3, -0.25) is 9.78 Å². The van der Waals surface area contributed by atoms with Crippen LogP contribution in [-0.2, 0) is 0 Å². The number of amides is 1. The second-order valence-corrected chi connectivity index (χ2v) is 4.31. The first kappa shape index (κ1) is 13.7. The highest BCUT2D eigenvalue weighted by Gasteiger charge is 2.19. The lowest BCUT2D eigenvalue weighted by Gasteiger charge is -2.04. The first-order chi connectivity index (χ1) is 10.8. The number of rotatable bonds is 4. The smallest absolute Gasteiger partial charge is 0.279 e. The van der Waals surface area contributed by atoms with Gasteiger partial charge in [0.2, 0.25) is 0 Å². The number of ether oxygens (including phenoxy) is 1. The molecule has 0 aliphatic carbocycles. The molecule has 7 nitrogen and oxygen atoms in total. The van der Waals surface area contributed by atoms with Crippen LogP contribution in [0.15, 0.2) is 53.7 Å². The number of nitrogens with one attached hydrogen (secondary N) is 1. The third-order valence-electron chi connectivity index (χ3n) is 2.92. The summed E-state index contributed by atoms with van der Waals surface area (Å²) in [5.74, 6) is 0.939. The minimum absolute atomic E-state index is 0.166. The van der Waals surface area contributed by atoms with Crippen molar-refractivity contribution in [1.82, 2.24) is 15.0 Å². The van der Waals surface area contributed by atoms with Crippen molar-refractivity contribution in [3.63, 3.8) is 0 Å². The van der Waals surface area contributed by atoms with E-state index >= 15 is 0 Å². The van der Waals surface area contributed by atoms with Crippen LogP contribution in [0.3, 0.4) is 0 Å². The van der Waals surface area contributed by atoms with E-state index in [4.69, 9.17) is 9.15 Å². The first-order valence-corrected chi connectivity index (χ1v) is 6.43. The average molecular weight is 296 g/mol. The van der Waals surface area contributed by atoms with E-state index in [0.29, 0.717) is 22.9 Å². The number of aromatic nitrogens is 3. The van der Waals surface area contributed by atoms with Crippen molar-refractivity contribution in [3.8, 4) is 17.1 Å². The Balaban J connectivity index is 1.90. The van der Waals surface area contributed by atoms with Gasteiger partial charge in [-0.2, -0.15) is 0 Å². The molecule has 110 valence electrons. The summed E-state index contributed by atoms with van der Waals surface area (Å²) in [4.78, 5) is 24.1. The maximum absolute atomic E-state index is 12.3. The topological polar surface area (TPSA) is 90.1 Å². The fraction of sp³-hybridized carbons (Fsp3) is 0.0667. The van der Waals surface area contributed by atoms with E-state index in [1.807, 2.05) is 6.07 Å². The van der Waals surface area contributed by atoms with E-state index < -0.39 is 5.91 Å². The highest BCUT2D eigenvalue weighted by atomic mass is 16.5. The van der Waals surface area contributed by atoms with Crippen LogP contribution < -0.4 is 10.1 Å². The van der Waals surface area contributed by atoms with Crippen molar-refractivity contribution in [2.24, 2.45) is 0 Å². The summed E-state index contributed by atoms with van der Waals surface area (Å²) in [5.41, 5.74) is 0.861. The molecule has 0 saturated heterocycles. The fourth-order valence-electron chi connectivity index (χ4n) is 1.92. The molecule has 0 radical (unpaired) electrons. The highest BCUT2D eigenvalue weighted by molar-refractivity contribution is 6.05. The van der Waals surface area contributed by atoms with Crippen molar-refractivity contribution >= 4 is 11.7 Å². The van der Waals surface area contributed by atoms with Gasteiger partial charge in [-0.05, 0) is 12.1 Å². The lowest BCUT2D eigenvalue weighted by Crippen LogP contribution is -2.14. The van der Waals surface area contributed by atoms with Gasteiger partial charge in [0.1, 0.15) is 5.75 Å². The Morgan fingerprint density at radius 3 is 2.95 bits per heavy atom. The van der Waals surface area contributed by atoms with Crippen molar-refractivity contribution in [3.05, 3.63) is 54.9 Å². The molecule has 7 heteroatoms. The van der Waals surface area contributed by atoms with Crippen molar-refractivity contribution in [2.45, 2.75) is 0 Å². The maximum atomic E-state index is 12.3. The molecule has 0 unspecified atom stereocenters. The monoisotopic (exact) mass is 296 g/mol. The Kier molecular flexibility index (Phi) is 3.78. The van der Waals surface area contributed by atoms with Gasteiger partial charge < -0.3 is 14.5 Å². The van der Waals surface area contributed by atoms with Gasteiger partial charge in [0.05, 0.1) is 13.3 Å². The predicted octanol–water partition coefficient (Wildman–Crippen LogP) is 2.39. The minimum Gasteiger partial charge on any atom is -0.497 e. The molecule has 0 saturated carbocycles. The van der Waals surface area contributed by atoms with E-state index in [2.05, 4.69) is 20.3 Å². The number of hydrogen-bond donors (Lipinski definition) is 1. The van der Waals surface area contributed by atoms with Crippen molar-refractivity contribution < 1.29 is 13.9 Å². The summed E-state index contributed by atoms with van der Waals surface area (Å²) in [7, 11) is 1.57. The lowest BCUT2D eigenvalue weighted by atomic mass is 10.1. The summed E-state index contributed by atoms with van der Waals surface area (Å²) < 4.78 is 10.5. The van der Waals surface area contributed by atoms with Crippen LogP contribution in [0.4, 0.5) is 5.82 Å². The summed E-state index contributed by atoms with van der Waals surface area (Å²) >= 11 is 0. The molecule has 3 rings (SSSR count). The Bertz CT molecular complexity index is 786. The molecule has 0 spiro atoms. The summed E-state index contributed by atoms with van der Waals surface area (Å²) in [5, 5.41) is 2.62. The minimum atomic E-state index is -0.424. The number of nitrogens with zero attached hydrogens (tertiary/aromatic N) is 3. The van der Waals surface area contributed by atoms with Crippen molar-refractivity contribution in [1.29, 1.82) is 0 Å². The molecule has 0 aliphatic heterocycles. The van der Waals surface area contributed by atoms with Crippen LogP contribution >= 0.6 is 0 Å². The van der Waals surface area contributed by atoms with Gasteiger partial charge in [0.15, 0.2) is 23.7 Å². The Labute approximate surface area is 126 Å². The molecule has 1 amide bonds. The zero-order valence-corrected chi connectivity index (χ0v) is 11.7. The molecule has 2 aromatic heterocycles. The van der Waals surface area contributed by atoms with E-state index in [0.717, 1.165) is 0 Å². The second kappa shape index (κ2) is 6.04. The van der Waals surface area contributed by atoms with E-state index in [9.17, 15) is 4.79 Å². The normalized spacial score (nSPS) is 10.2. The Hall–Kier alpha value is -3.22. The van der Waals surface area contributed by atoms with Gasteiger partial charge in [-0.1, -0.05) is 12.1 Å². The lowest BCUT2D eigenvalue weighted by molar-refractivity contribution is 0.102. The van der Waals surface area contributed by atoms with Crippen LogP contribution in [0.1, 0.15) is 10.5 Å². The van der Waals surface area contributed by atoms with Crippen LogP contribution in [0, 0.1) is 0 Å². The van der Waals surface area contributed by atoms with Gasteiger partial charge in [-0.25, -0.2) is 9.97 Å². The molecule has 22 heavy (non-hydrogen) atoms. The number of carbonyl (C=O) groups excluding carboxylic acids is 1. The van der Waals surface area contributed by atoms with Gasteiger partial charge >= 0.3 is 0 Å². The third-order valence-corrected chi connectivity index (χ3v) is 2.92. The maximum Gasteiger partial charge on any atom is 0.279 e. The number of benzene rings is 1. The van der Waals surface area contributed by atoms with E-state index in [1.165, 1.54) is 25.0 Å². The zero-order valence-electron chi connectivity index (χ0n) is 11.7. The van der Waals surface area contributed by atoms with Gasteiger partial charge in [0, 0.05) is 18.0 Å². The quantitative estimate of drug-likeness (QED) is 0.795.